The summed E-state index contributed by atoms with van der Waals surface area (Å²) >= 11 is 0. The van der Waals surface area contributed by atoms with Gasteiger partial charge in [-0.3, -0.25) is 0 Å². The van der Waals surface area contributed by atoms with Crippen LogP contribution in [0, 0.1) is 6.92 Å². The Morgan fingerprint density at radius 1 is 1.43 bits per heavy atom. The van der Waals surface area contributed by atoms with Crippen LogP contribution >= 0.6 is 0 Å². The second-order valence-electron chi connectivity index (χ2n) is 3.07. The highest BCUT2D eigenvalue weighted by Crippen LogP contribution is 2.09. The summed E-state index contributed by atoms with van der Waals surface area (Å²) < 4.78 is 23.1. The maximum absolute atomic E-state index is 11.5. The van der Waals surface area contributed by atoms with Crippen LogP contribution in [0.15, 0.2) is 23.4 Å². The van der Waals surface area contributed by atoms with Crippen molar-refractivity contribution in [2.45, 2.75) is 18.4 Å². The number of rotatable bonds is 4. The zero-order chi connectivity index (χ0) is 10.6. The molecule has 0 spiro atoms. The lowest BCUT2D eigenvalue weighted by Gasteiger charge is -2.02. The second kappa shape index (κ2) is 4.52. The van der Waals surface area contributed by atoms with Crippen LogP contribution in [-0.4, -0.2) is 30.9 Å². The highest BCUT2D eigenvalue weighted by atomic mass is 32.2. The first kappa shape index (κ1) is 11.1. The van der Waals surface area contributed by atoms with Crippen molar-refractivity contribution in [1.82, 2.24) is 4.98 Å². The van der Waals surface area contributed by atoms with Gasteiger partial charge in [0.25, 0.3) is 0 Å². The molecule has 0 aliphatic rings. The monoisotopic (exact) mass is 215 g/mol. The topological polar surface area (TPSA) is 67.3 Å². The van der Waals surface area contributed by atoms with E-state index in [1.807, 2.05) is 6.92 Å². The van der Waals surface area contributed by atoms with Crippen LogP contribution in [0.4, 0.5) is 0 Å². The molecule has 1 aromatic heterocycles. The Hall–Kier alpha value is -0.940. The van der Waals surface area contributed by atoms with Gasteiger partial charge in [0.15, 0.2) is 14.9 Å². The van der Waals surface area contributed by atoms with Crippen molar-refractivity contribution >= 4 is 9.84 Å². The quantitative estimate of drug-likeness (QED) is 0.796. The molecule has 1 aromatic rings. The molecular formula is C9H13NO3S. The normalized spacial score (nSPS) is 11.6. The average Bonchev–Trinajstić information content (AvgIpc) is 2.16. The molecule has 78 valence electrons. The number of nitrogens with zero attached hydrogens (tertiary/aromatic N) is 1. The van der Waals surface area contributed by atoms with Crippen LogP contribution in [0.5, 0.6) is 0 Å². The summed E-state index contributed by atoms with van der Waals surface area (Å²) in [5.41, 5.74) is 0.922. The summed E-state index contributed by atoms with van der Waals surface area (Å²) in [7, 11) is -3.31. The summed E-state index contributed by atoms with van der Waals surface area (Å²) in [4.78, 5) is 3.83. The number of aliphatic hydroxyl groups is 1. The van der Waals surface area contributed by atoms with Crippen LogP contribution < -0.4 is 0 Å². The minimum absolute atomic E-state index is 0.0560. The highest BCUT2D eigenvalue weighted by molar-refractivity contribution is 7.91. The Labute approximate surface area is 83.5 Å². The van der Waals surface area contributed by atoms with Gasteiger partial charge in [0.2, 0.25) is 0 Å². The Morgan fingerprint density at radius 3 is 2.64 bits per heavy atom. The zero-order valence-corrected chi connectivity index (χ0v) is 8.79. The van der Waals surface area contributed by atoms with Gasteiger partial charge < -0.3 is 5.11 Å². The molecule has 4 nitrogen and oxygen atoms in total. The first-order valence-electron chi connectivity index (χ1n) is 4.32. The molecule has 0 saturated carbocycles. The molecule has 0 radical (unpaired) electrons. The van der Waals surface area contributed by atoms with E-state index in [0.717, 1.165) is 5.56 Å². The maximum Gasteiger partial charge on any atom is 0.195 e. The van der Waals surface area contributed by atoms with Crippen molar-refractivity contribution in [2.24, 2.45) is 0 Å². The minimum Gasteiger partial charge on any atom is -0.396 e. The lowest BCUT2D eigenvalue weighted by Crippen LogP contribution is -2.09. The van der Waals surface area contributed by atoms with Gasteiger partial charge in [-0.1, -0.05) is 6.07 Å². The molecule has 0 atom stereocenters. The van der Waals surface area contributed by atoms with Gasteiger partial charge in [-0.2, -0.15) is 0 Å². The van der Waals surface area contributed by atoms with E-state index in [0.29, 0.717) is 0 Å². The van der Waals surface area contributed by atoms with Crippen LogP contribution in [0.2, 0.25) is 0 Å². The zero-order valence-electron chi connectivity index (χ0n) is 7.97. The third-order valence-corrected chi connectivity index (χ3v) is 3.48. The van der Waals surface area contributed by atoms with Crippen molar-refractivity contribution in [1.29, 1.82) is 0 Å². The molecule has 1 rings (SSSR count). The molecule has 14 heavy (non-hydrogen) atoms. The van der Waals surface area contributed by atoms with Crippen LogP contribution in [0.3, 0.4) is 0 Å². The van der Waals surface area contributed by atoms with Crippen molar-refractivity contribution < 1.29 is 13.5 Å². The van der Waals surface area contributed by atoms with E-state index >= 15 is 0 Å². The van der Waals surface area contributed by atoms with Gasteiger partial charge in [0.1, 0.15) is 0 Å². The first-order chi connectivity index (χ1) is 6.56. The lowest BCUT2D eigenvalue weighted by atomic mass is 10.3. The Morgan fingerprint density at radius 2 is 2.14 bits per heavy atom. The molecular weight excluding hydrogens is 202 g/mol. The number of hydrogen-bond donors (Lipinski definition) is 1. The number of aryl methyl sites for hydroxylation is 1. The molecule has 0 aromatic carbocycles. The average molecular weight is 215 g/mol. The fourth-order valence-corrected chi connectivity index (χ4v) is 2.20. The van der Waals surface area contributed by atoms with Crippen molar-refractivity contribution in [2.75, 3.05) is 12.4 Å². The molecule has 1 heterocycles. The van der Waals surface area contributed by atoms with E-state index in [2.05, 4.69) is 4.98 Å². The van der Waals surface area contributed by atoms with Gasteiger partial charge >= 0.3 is 0 Å². The van der Waals surface area contributed by atoms with Gasteiger partial charge in [-0.15, -0.1) is 0 Å². The first-order valence-corrected chi connectivity index (χ1v) is 5.98. The molecule has 0 fully saturated rings. The summed E-state index contributed by atoms with van der Waals surface area (Å²) in [5, 5.41) is 8.62. The SMILES string of the molecule is Cc1ccc(S(=O)(=O)CCCO)nc1. The second-order valence-corrected chi connectivity index (χ2v) is 5.13. The number of sulfone groups is 1. The van der Waals surface area contributed by atoms with Crippen LogP contribution in [0.25, 0.3) is 0 Å². The van der Waals surface area contributed by atoms with Crippen LogP contribution in [-0.2, 0) is 9.84 Å². The number of pyridine rings is 1. The fourth-order valence-electron chi connectivity index (χ4n) is 0.997. The molecule has 5 heteroatoms. The minimum atomic E-state index is -3.31. The number of aromatic nitrogens is 1. The van der Waals surface area contributed by atoms with Crippen LogP contribution in [0.1, 0.15) is 12.0 Å². The molecule has 0 aliphatic carbocycles. The molecule has 0 unspecified atom stereocenters. The Kier molecular flexibility index (Phi) is 3.60. The van der Waals surface area contributed by atoms with Gasteiger partial charge in [-0.25, -0.2) is 13.4 Å². The highest BCUT2D eigenvalue weighted by Gasteiger charge is 2.14. The predicted molar refractivity (Wildman–Crippen MR) is 52.7 cm³/mol. The van der Waals surface area contributed by atoms with Gasteiger partial charge in [0.05, 0.1) is 5.75 Å². The lowest BCUT2D eigenvalue weighted by molar-refractivity contribution is 0.295. The Balaban J connectivity index is 2.87. The molecule has 0 saturated heterocycles. The van der Waals surface area contributed by atoms with Crippen molar-refractivity contribution in [3.63, 3.8) is 0 Å². The summed E-state index contributed by atoms with van der Waals surface area (Å²) in [6.07, 6.45) is 1.77. The van der Waals surface area contributed by atoms with Gasteiger partial charge in [-0.05, 0) is 25.0 Å². The smallest absolute Gasteiger partial charge is 0.195 e. The third kappa shape index (κ3) is 2.78. The predicted octanol–water partition coefficient (Wildman–Crippen LogP) is 0.546. The Bertz CT molecular complexity index is 383. The largest absolute Gasteiger partial charge is 0.396 e. The summed E-state index contributed by atoms with van der Waals surface area (Å²) in [6.45, 7) is 1.72. The van der Waals surface area contributed by atoms with E-state index in [1.54, 1.807) is 6.07 Å². The number of aliphatic hydroxyl groups excluding tert-OH is 1. The van der Waals surface area contributed by atoms with E-state index < -0.39 is 9.84 Å². The van der Waals surface area contributed by atoms with E-state index in [4.69, 9.17) is 5.11 Å². The molecule has 0 amide bonds. The standard InChI is InChI=1S/C9H13NO3S/c1-8-3-4-9(10-7-8)14(12,13)6-2-5-11/h3-4,7,11H,2,5-6H2,1H3. The van der Waals surface area contributed by atoms with Crippen molar-refractivity contribution in [3.05, 3.63) is 23.9 Å². The maximum atomic E-state index is 11.5. The number of hydrogen-bond acceptors (Lipinski definition) is 4. The molecule has 1 N–H and O–H groups in total. The van der Waals surface area contributed by atoms with E-state index in [9.17, 15) is 8.42 Å². The van der Waals surface area contributed by atoms with E-state index in [1.165, 1.54) is 12.3 Å². The fraction of sp³-hybridized carbons (Fsp3) is 0.444. The van der Waals surface area contributed by atoms with Gasteiger partial charge in [0, 0.05) is 12.8 Å². The summed E-state index contributed by atoms with van der Waals surface area (Å²) in [6, 6.07) is 3.20. The van der Waals surface area contributed by atoms with E-state index in [-0.39, 0.29) is 23.8 Å². The third-order valence-electron chi connectivity index (χ3n) is 1.77. The van der Waals surface area contributed by atoms with Crippen molar-refractivity contribution in [3.8, 4) is 0 Å². The molecule has 0 bridgehead atoms. The summed E-state index contributed by atoms with van der Waals surface area (Å²) in [5.74, 6) is -0.0560. The molecule has 0 aliphatic heterocycles.